The third kappa shape index (κ3) is 9.66. The van der Waals surface area contributed by atoms with Crippen LogP contribution in [0.4, 0.5) is 0 Å². The Labute approximate surface area is 75.2 Å². The molecule has 0 atom stereocenters. The van der Waals surface area contributed by atoms with E-state index >= 15 is 0 Å². The molecule has 0 rings (SSSR count). The summed E-state index contributed by atoms with van der Waals surface area (Å²) in [5.41, 5.74) is 0. The number of ketones is 1. The summed E-state index contributed by atoms with van der Waals surface area (Å²) in [6.45, 7) is 1.00. The Morgan fingerprint density at radius 1 is 1.38 bits per heavy atom. The van der Waals surface area contributed by atoms with E-state index in [0.717, 1.165) is 6.92 Å². The molecule has 0 aromatic rings. The molecule has 0 heterocycles. The molecule has 0 aromatic heterocycles. The van der Waals surface area contributed by atoms with E-state index in [2.05, 4.69) is 0 Å². The van der Waals surface area contributed by atoms with Crippen molar-refractivity contribution >= 4 is 53.7 Å². The molecule has 0 aliphatic heterocycles. The van der Waals surface area contributed by atoms with Crippen molar-refractivity contribution in [3.05, 3.63) is 0 Å². The summed E-state index contributed by atoms with van der Waals surface area (Å²) in [7, 11) is 0. The van der Waals surface area contributed by atoms with Crippen LogP contribution in [0.3, 0.4) is 0 Å². The normalized spacial score (nSPS) is 5.62. The predicted octanol–water partition coefficient (Wildman–Crippen LogP) is -0.567. The number of carboxylic acids is 1. The number of carboxylic acid groups (broad SMARTS) is 1. The molecule has 0 saturated heterocycles. The number of hydrogen-bond acceptors (Lipinski definition) is 2. The number of aliphatic carboxylic acids is 1. The minimum atomic E-state index is -1.38. The molecule has 0 spiro atoms. The van der Waals surface area contributed by atoms with E-state index in [1.54, 1.807) is 0 Å². The summed E-state index contributed by atoms with van der Waals surface area (Å²) in [6, 6.07) is 0. The van der Waals surface area contributed by atoms with Gasteiger partial charge in [-0.05, 0) is 0 Å². The van der Waals surface area contributed by atoms with Crippen LogP contribution in [-0.4, -0.2) is 46.4 Å². The monoisotopic (exact) mass is 148 g/mol. The van der Waals surface area contributed by atoms with Gasteiger partial charge in [0.05, 0.1) is 0 Å². The maximum absolute atomic E-state index is 9.54. The molecule has 5 heteroatoms. The van der Waals surface area contributed by atoms with Crippen molar-refractivity contribution in [3.8, 4) is 0 Å². The van der Waals surface area contributed by atoms with Gasteiger partial charge in [-0.25, -0.2) is 4.79 Å². The molecule has 0 radical (unpaired) electrons. The van der Waals surface area contributed by atoms with Gasteiger partial charge in [0.2, 0.25) is 5.78 Å². The molecule has 0 aliphatic rings. The van der Waals surface area contributed by atoms with Crippen molar-refractivity contribution in [2.75, 3.05) is 0 Å². The molecule has 0 aromatic carbocycles. The topological polar surface area (TPSA) is 54.4 Å². The maximum atomic E-state index is 9.54. The molecule has 0 unspecified atom stereocenters. The van der Waals surface area contributed by atoms with Crippen LogP contribution in [0.1, 0.15) is 6.92 Å². The van der Waals surface area contributed by atoms with Crippen LogP contribution in [0.2, 0.25) is 0 Å². The van der Waals surface area contributed by atoms with E-state index in [-0.39, 0.29) is 42.0 Å². The Kier molecular flexibility index (Phi) is 14.7. The Bertz CT molecular complexity index is 80.5. The van der Waals surface area contributed by atoms with Gasteiger partial charge in [0.1, 0.15) is 0 Å². The van der Waals surface area contributed by atoms with E-state index in [1.165, 1.54) is 0 Å². The number of rotatable bonds is 1. The molecular formula is C3H6ClNaO3. The van der Waals surface area contributed by atoms with Gasteiger partial charge in [-0.2, -0.15) is 0 Å². The van der Waals surface area contributed by atoms with Crippen molar-refractivity contribution in [2.24, 2.45) is 0 Å². The van der Waals surface area contributed by atoms with Crippen molar-refractivity contribution in [1.82, 2.24) is 0 Å². The summed E-state index contributed by atoms with van der Waals surface area (Å²) in [5.74, 6) is -2.20. The summed E-state index contributed by atoms with van der Waals surface area (Å²) in [5, 5.41) is 7.64. The second kappa shape index (κ2) is 7.43. The summed E-state index contributed by atoms with van der Waals surface area (Å²) in [6.07, 6.45) is 0. The molecule has 8 heavy (non-hydrogen) atoms. The Hall–Kier alpha value is 0.430. The average Bonchev–Trinajstić information content (AvgIpc) is 1.36. The van der Waals surface area contributed by atoms with Crippen LogP contribution < -0.4 is 0 Å². The predicted molar refractivity (Wildman–Crippen MR) is 32.7 cm³/mol. The summed E-state index contributed by atoms with van der Waals surface area (Å²) in [4.78, 5) is 18.9. The second-order valence-electron chi connectivity index (χ2n) is 0.861. The Balaban J connectivity index is -0.000000125. The fourth-order valence-corrected chi connectivity index (χ4v) is 0. The molecule has 0 amide bonds. The standard InChI is InChI=1S/C3H4O3.ClH.Na.H/c1-2(4)3(5)6;;;/h1H3,(H,5,6);1H;;. The number of carbonyl (C=O) groups excluding carboxylic acids is 1. The van der Waals surface area contributed by atoms with Crippen LogP contribution in [-0.2, 0) is 9.59 Å². The number of hydrogen-bond donors (Lipinski definition) is 1. The van der Waals surface area contributed by atoms with Crippen molar-refractivity contribution in [3.63, 3.8) is 0 Å². The number of carbonyl (C=O) groups is 2. The van der Waals surface area contributed by atoms with Gasteiger partial charge in [-0.1, -0.05) is 0 Å². The zero-order valence-electron chi connectivity index (χ0n) is 3.67. The average molecular weight is 149 g/mol. The fraction of sp³-hybridized carbons (Fsp3) is 0.333. The Morgan fingerprint density at radius 3 is 1.50 bits per heavy atom. The zero-order chi connectivity index (χ0) is 5.15. The van der Waals surface area contributed by atoms with Crippen molar-refractivity contribution in [2.45, 2.75) is 6.92 Å². The molecule has 0 fully saturated rings. The Morgan fingerprint density at radius 2 is 1.50 bits per heavy atom. The van der Waals surface area contributed by atoms with Gasteiger partial charge in [-0.15, -0.1) is 12.4 Å². The van der Waals surface area contributed by atoms with Gasteiger partial charge in [-0.3, -0.25) is 4.79 Å². The van der Waals surface area contributed by atoms with E-state index in [9.17, 15) is 9.59 Å². The van der Waals surface area contributed by atoms with Crippen molar-refractivity contribution in [1.29, 1.82) is 0 Å². The number of Topliss-reactive ketones (excluding diaryl/α,β-unsaturated/α-hetero) is 1. The SMILES string of the molecule is CC(=O)C(=O)O.Cl.[NaH]. The van der Waals surface area contributed by atoms with Gasteiger partial charge >= 0.3 is 35.5 Å². The van der Waals surface area contributed by atoms with E-state index in [1.807, 2.05) is 0 Å². The molecular weight excluding hydrogens is 142 g/mol. The first kappa shape index (κ1) is 15.8. The van der Waals surface area contributed by atoms with E-state index in [0.29, 0.717) is 0 Å². The second-order valence-corrected chi connectivity index (χ2v) is 0.861. The third-order valence-corrected chi connectivity index (χ3v) is 0.301. The zero-order valence-corrected chi connectivity index (χ0v) is 4.49. The van der Waals surface area contributed by atoms with Crippen LogP contribution in [0.15, 0.2) is 0 Å². The molecule has 0 bridgehead atoms. The first-order chi connectivity index (χ1) is 2.64. The van der Waals surface area contributed by atoms with Crippen LogP contribution in [0.25, 0.3) is 0 Å². The summed E-state index contributed by atoms with van der Waals surface area (Å²) >= 11 is 0. The van der Waals surface area contributed by atoms with Crippen LogP contribution >= 0.6 is 12.4 Å². The minimum absolute atomic E-state index is 0. The van der Waals surface area contributed by atoms with Crippen molar-refractivity contribution < 1.29 is 14.7 Å². The van der Waals surface area contributed by atoms with Gasteiger partial charge < -0.3 is 5.11 Å². The molecule has 0 saturated carbocycles. The van der Waals surface area contributed by atoms with Crippen LogP contribution in [0.5, 0.6) is 0 Å². The molecule has 0 aliphatic carbocycles. The first-order valence-corrected chi connectivity index (χ1v) is 1.38. The van der Waals surface area contributed by atoms with Gasteiger partial charge in [0.25, 0.3) is 0 Å². The fourth-order valence-electron chi connectivity index (χ4n) is 0. The van der Waals surface area contributed by atoms with Crippen LogP contribution in [0, 0.1) is 0 Å². The third-order valence-electron chi connectivity index (χ3n) is 0.301. The molecule has 44 valence electrons. The van der Waals surface area contributed by atoms with E-state index < -0.39 is 11.8 Å². The van der Waals surface area contributed by atoms with E-state index in [4.69, 9.17) is 5.11 Å². The van der Waals surface area contributed by atoms with Gasteiger partial charge in [0, 0.05) is 6.92 Å². The number of halogens is 1. The first-order valence-electron chi connectivity index (χ1n) is 1.38. The summed E-state index contributed by atoms with van der Waals surface area (Å²) < 4.78 is 0. The quantitative estimate of drug-likeness (QED) is 0.400. The molecule has 1 N–H and O–H groups in total. The molecule has 3 nitrogen and oxygen atoms in total. The van der Waals surface area contributed by atoms with Gasteiger partial charge in [0.15, 0.2) is 0 Å².